The molecular weight excluding hydrogens is 693 g/mol. The highest BCUT2D eigenvalue weighted by Gasteiger charge is 2.15. The van der Waals surface area contributed by atoms with Gasteiger partial charge in [0.25, 0.3) is 0 Å². The second-order valence-corrected chi connectivity index (χ2v) is 16.0. The largest absolute Gasteiger partial charge is 0.466 e. The monoisotopic (exact) mass is 781 g/mol. The molecule has 8 nitrogen and oxygen atoms in total. The fourth-order valence-corrected chi connectivity index (χ4v) is 6.92. The minimum atomic E-state index is -0.177. The van der Waals surface area contributed by atoms with Crippen molar-refractivity contribution in [3.05, 3.63) is 0 Å². The molecule has 0 spiro atoms. The second-order valence-electron chi connectivity index (χ2n) is 16.0. The van der Waals surface area contributed by atoms with Gasteiger partial charge in [0.1, 0.15) is 12.2 Å². The van der Waals surface area contributed by atoms with Crippen molar-refractivity contribution >= 4 is 23.9 Å². The van der Waals surface area contributed by atoms with E-state index in [1.165, 1.54) is 38.5 Å². The van der Waals surface area contributed by atoms with Crippen LogP contribution in [0.4, 0.5) is 0 Å². The van der Waals surface area contributed by atoms with Crippen LogP contribution in [0.2, 0.25) is 0 Å². The third-order valence-corrected chi connectivity index (χ3v) is 10.5. The molecule has 0 aliphatic carbocycles. The summed E-state index contributed by atoms with van der Waals surface area (Å²) < 4.78 is 22.4. The summed E-state index contributed by atoms with van der Waals surface area (Å²) in [5.74, 6) is -0.412. The van der Waals surface area contributed by atoms with Crippen molar-refractivity contribution in [1.82, 2.24) is 0 Å². The highest BCUT2D eigenvalue weighted by Crippen LogP contribution is 2.19. The summed E-state index contributed by atoms with van der Waals surface area (Å²) in [4.78, 5) is 48.8. The van der Waals surface area contributed by atoms with E-state index in [0.717, 1.165) is 154 Å². The number of hydrogen-bond acceptors (Lipinski definition) is 8. The van der Waals surface area contributed by atoms with Crippen LogP contribution in [-0.4, -0.2) is 49.3 Å². The molecule has 324 valence electrons. The molecule has 0 saturated heterocycles. The summed E-state index contributed by atoms with van der Waals surface area (Å²) >= 11 is 0. The zero-order valence-electron chi connectivity index (χ0n) is 36.6. The van der Waals surface area contributed by atoms with Gasteiger partial charge in [-0.2, -0.15) is 0 Å². The number of rotatable bonds is 42. The summed E-state index contributed by atoms with van der Waals surface area (Å²) in [6.07, 6.45) is 34.8. The molecule has 0 aromatic rings. The lowest BCUT2D eigenvalue weighted by Gasteiger charge is -2.18. The average molecular weight is 781 g/mol. The van der Waals surface area contributed by atoms with E-state index < -0.39 is 0 Å². The fourth-order valence-electron chi connectivity index (χ4n) is 6.92. The Balaban J connectivity index is 3.84. The first-order valence-electron chi connectivity index (χ1n) is 23.6. The van der Waals surface area contributed by atoms with Crippen molar-refractivity contribution in [1.29, 1.82) is 0 Å². The molecular formula is C47H88O8. The second kappa shape index (κ2) is 41.5. The van der Waals surface area contributed by atoms with Gasteiger partial charge in [0.2, 0.25) is 0 Å². The van der Waals surface area contributed by atoms with Gasteiger partial charge in [-0.25, -0.2) is 0 Å². The molecule has 0 aliphatic heterocycles. The Labute approximate surface area is 339 Å². The first kappa shape index (κ1) is 52.9. The molecule has 0 rings (SSSR count). The van der Waals surface area contributed by atoms with Gasteiger partial charge in [0, 0.05) is 32.1 Å². The number of ether oxygens (including phenoxy) is 4. The Morgan fingerprint density at radius 2 is 0.564 bits per heavy atom. The Morgan fingerprint density at radius 3 is 0.909 bits per heavy atom. The van der Waals surface area contributed by atoms with Crippen molar-refractivity contribution in [2.24, 2.45) is 0 Å². The zero-order chi connectivity index (χ0) is 40.5. The normalized spacial score (nSPS) is 12.3. The van der Waals surface area contributed by atoms with Crippen LogP contribution in [0.15, 0.2) is 0 Å². The lowest BCUT2D eigenvalue weighted by molar-refractivity contribution is -0.151. The van der Waals surface area contributed by atoms with Gasteiger partial charge in [-0.05, 0) is 77.0 Å². The number of esters is 4. The first-order chi connectivity index (χ1) is 26.9. The molecule has 55 heavy (non-hydrogen) atoms. The van der Waals surface area contributed by atoms with Crippen LogP contribution in [0.5, 0.6) is 0 Å². The van der Waals surface area contributed by atoms with Gasteiger partial charge in [-0.3, -0.25) is 19.2 Å². The maximum absolute atomic E-state index is 12.3. The average Bonchev–Trinajstić information content (AvgIpc) is 3.16. The first-order valence-corrected chi connectivity index (χ1v) is 23.6. The molecule has 0 fully saturated rings. The standard InChI is InChI=1S/C47H88O8/c1-5-9-13-25-32-42(54-46(50)38-23-11-7-3)34-27-19-15-17-21-29-36-44(48)52-40-31-41-53-45(49)37-30-22-18-16-20-28-35-43(33-26-14-10-6-2)55-47(51)39-24-12-8-4/h42-43H,5-41H2,1-4H3. The topological polar surface area (TPSA) is 105 Å². The van der Waals surface area contributed by atoms with Gasteiger partial charge in [0.15, 0.2) is 0 Å². The SMILES string of the molecule is CCCCCCC(CCCCCCCCC(=O)OCCCOC(=O)CCCCCCCCC(CCCCCC)OC(=O)CCCCC)OC(=O)CCCCC. The van der Waals surface area contributed by atoms with Crippen LogP contribution >= 0.6 is 0 Å². The van der Waals surface area contributed by atoms with Crippen LogP contribution in [-0.2, 0) is 38.1 Å². The van der Waals surface area contributed by atoms with Gasteiger partial charge in [-0.1, -0.05) is 143 Å². The highest BCUT2D eigenvalue weighted by atomic mass is 16.6. The third-order valence-electron chi connectivity index (χ3n) is 10.5. The zero-order valence-corrected chi connectivity index (χ0v) is 36.6. The fraction of sp³-hybridized carbons (Fsp3) is 0.915. The molecule has 2 unspecified atom stereocenters. The van der Waals surface area contributed by atoms with Gasteiger partial charge >= 0.3 is 23.9 Å². The summed E-state index contributed by atoms with van der Waals surface area (Å²) in [5.41, 5.74) is 0. The van der Waals surface area contributed by atoms with E-state index in [4.69, 9.17) is 18.9 Å². The van der Waals surface area contributed by atoms with Gasteiger partial charge in [0.05, 0.1) is 13.2 Å². The van der Waals surface area contributed by atoms with E-state index in [1.807, 2.05) is 0 Å². The van der Waals surface area contributed by atoms with E-state index in [-0.39, 0.29) is 49.3 Å². The summed E-state index contributed by atoms with van der Waals surface area (Å²) in [5, 5.41) is 0. The van der Waals surface area contributed by atoms with Crippen molar-refractivity contribution in [2.75, 3.05) is 13.2 Å². The molecule has 2 atom stereocenters. The summed E-state index contributed by atoms with van der Waals surface area (Å²) in [6, 6.07) is 0. The van der Waals surface area contributed by atoms with Crippen LogP contribution in [0.3, 0.4) is 0 Å². The Hall–Kier alpha value is -2.12. The van der Waals surface area contributed by atoms with Crippen molar-refractivity contribution in [3.63, 3.8) is 0 Å². The van der Waals surface area contributed by atoms with Crippen molar-refractivity contribution in [2.45, 2.75) is 265 Å². The number of carbonyl (C=O) groups excluding carboxylic acids is 4. The lowest BCUT2D eigenvalue weighted by atomic mass is 10.0. The van der Waals surface area contributed by atoms with Gasteiger partial charge in [-0.15, -0.1) is 0 Å². The predicted molar refractivity (Wildman–Crippen MR) is 226 cm³/mol. The van der Waals surface area contributed by atoms with Crippen LogP contribution in [0.1, 0.15) is 252 Å². The third kappa shape index (κ3) is 38.5. The molecule has 0 heterocycles. The van der Waals surface area contributed by atoms with Gasteiger partial charge < -0.3 is 18.9 Å². The molecule has 0 bridgehead atoms. The highest BCUT2D eigenvalue weighted by molar-refractivity contribution is 5.70. The Bertz CT molecular complexity index is 820. The molecule has 0 aromatic heterocycles. The quantitative estimate of drug-likeness (QED) is 0.0342. The molecule has 8 heteroatoms. The molecule has 0 saturated carbocycles. The molecule has 0 amide bonds. The Kier molecular flexibility index (Phi) is 39.9. The molecule has 0 aliphatic rings. The summed E-state index contributed by atoms with van der Waals surface area (Å²) in [6.45, 7) is 9.29. The summed E-state index contributed by atoms with van der Waals surface area (Å²) in [7, 11) is 0. The van der Waals surface area contributed by atoms with Crippen molar-refractivity contribution < 1.29 is 38.1 Å². The number of hydrogen-bond donors (Lipinski definition) is 0. The predicted octanol–water partition coefficient (Wildman–Crippen LogP) is 13.6. The smallest absolute Gasteiger partial charge is 0.306 e. The van der Waals surface area contributed by atoms with E-state index in [1.54, 1.807) is 0 Å². The minimum absolute atomic E-state index is 0.0289. The van der Waals surface area contributed by atoms with Crippen LogP contribution < -0.4 is 0 Å². The van der Waals surface area contributed by atoms with Crippen LogP contribution in [0.25, 0.3) is 0 Å². The lowest BCUT2D eigenvalue weighted by Crippen LogP contribution is -2.18. The minimum Gasteiger partial charge on any atom is -0.466 e. The molecule has 0 N–H and O–H groups in total. The van der Waals surface area contributed by atoms with Crippen LogP contribution in [0, 0.1) is 0 Å². The maximum Gasteiger partial charge on any atom is 0.306 e. The van der Waals surface area contributed by atoms with E-state index in [9.17, 15) is 19.2 Å². The maximum atomic E-state index is 12.3. The number of unbranched alkanes of at least 4 members (excludes halogenated alkanes) is 20. The number of carbonyl (C=O) groups is 4. The molecule has 0 radical (unpaired) electrons. The van der Waals surface area contributed by atoms with E-state index in [2.05, 4.69) is 27.7 Å². The van der Waals surface area contributed by atoms with E-state index in [0.29, 0.717) is 32.1 Å². The van der Waals surface area contributed by atoms with Crippen molar-refractivity contribution in [3.8, 4) is 0 Å². The molecule has 0 aromatic carbocycles. The van der Waals surface area contributed by atoms with E-state index >= 15 is 0 Å². The Morgan fingerprint density at radius 1 is 0.309 bits per heavy atom.